The molecule has 0 aromatic rings. The van der Waals surface area contributed by atoms with E-state index in [0.717, 1.165) is 6.54 Å². The Labute approximate surface area is 98.7 Å². The van der Waals surface area contributed by atoms with Crippen LogP contribution in [0.1, 0.15) is 19.3 Å². The van der Waals surface area contributed by atoms with Crippen LogP contribution < -0.4 is 16.4 Å². The molecule has 0 spiro atoms. The maximum Gasteiger partial charge on any atom is 0.326 e. The van der Waals surface area contributed by atoms with Crippen LogP contribution in [0, 0.1) is 5.92 Å². The predicted octanol–water partition coefficient (Wildman–Crippen LogP) is -1.57. The highest BCUT2D eigenvalue weighted by molar-refractivity contribution is 5.85. The number of carboxylic acid groups (broad SMARTS) is 1. The topological polar surface area (TPSA) is 122 Å². The minimum atomic E-state index is -1.15. The Bertz CT molecular complexity index is 313. The lowest BCUT2D eigenvalue weighted by molar-refractivity contribution is -0.142. The first kappa shape index (κ1) is 13.4. The average Bonchev–Trinajstić information content (AvgIpc) is 2.76. The molecule has 1 aliphatic heterocycles. The molecule has 17 heavy (non-hydrogen) atoms. The number of hydrogen-bond acceptors (Lipinski definition) is 4. The van der Waals surface area contributed by atoms with Crippen molar-refractivity contribution in [3.63, 3.8) is 0 Å². The van der Waals surface area contributed by atoms with Crippen LogP contribution in [0.5, 0.6) is 0 Å². The molecule has 2 unspecified atom stereocenters. The van der Waals surface area contributed by atoms with Gasteiger partial charge in [-0.25, -0.2) is 4.79 Å². The lowest BCUT2D eigenvalue weighted by atomic mass is 10.1. The number of primary amides is 1. The SMILES string of the molecule is NC(=O)CCC(NC(=O)C1CCNC1)C(=O)O. The quantitative estimate of drug-likeness (QED) is 0.449. The molecule has 1 saturated heterocycles. The lowest BCUT2D eigenvalue weighted by Crippen LogP contribution is -2.44. The molecule has 0 aliphatic carbocycles. The molecule has 0 aromatic carbocycles. The molecule has 0 bridgehead atoms. The summed E-state index contributed by atoms with van der Waals surface area (Å²) in [6, 6.07) is -1.05. The van der Waals surface area contributed by atoms with Crippen LogP contribution in [0.25, 0.3) is 0 Å². The number of carbonyl (C=O) groups is 3. The Morgan fingerprint density at radius 2 is 2.18 bits per heavy atom. The van der Waals surface area contributed by atoms with E-state index in [9.17, 15) is 14.4 Å². The Kier molecular flexibility index (Phi) is 4.89. The van der Waals surface area contributed by atoms with Crippen LogP contribution in [0.3, 0.4) is 0 Å². The third kappa shape index (κ3) is 4.39. The highest BCUT2D eigenvalue weighted by Crippen LogP contribution is 2.08. The molecular formula is C10H17N3O4. The molecule has 2 amide bonds. The highest BCUT2D eigenvalue weighted by Gasteiger charge is 2.27. The smallest absolute Gasteiger partial charge is 0.326 e. The molecule has 96 valence electrons. The average molecular weight is 243 g/mol. The van der Waals surface area contributed by atoms with Gasteiger partial charge in [-0.05, 0) is 19.4 Å². The van der Waals surface area contributed by atoms with Crippen molar-refractivity contribution in [3.05, 3.63) is 0 Å². The van der Waals surface area contributed by atoms with E-state index in [4.69, 9.17) is 10.8 Å². The second-order valence-electron chi connectivity index (χ2n) is 4.09. The van der Waals surface area contributed by atoms with Gasteiger partial charge in [0.25, 0.3) is 0 Å². The highest BCUT2D eigenvalue weighted by atomic mass is 16.4. The maximum absolute atomic E-state index is 11.7. The summed E-state index contributed by atoms with van der Waals surface area (Å²) in [5.74, 6) is -2.20. The van der Waals surface area contributed by atoms with Gasteiger partial charge in [0.1, 0.15) is 6.04 Å². The van der Waals surface area contributed by atoms with E-state index in [0.29, 0.717) is 13.0 Å². The molecule has 0 aromatic heterocycles. The summed E-state index contributed by atoms with van der Waals surface area (Å²) in [5.41, 5.74) is 4.94. The molecule has 1 aliphatic rings. The van der Waals surface area contributed by atoms with Crippen LogP contribution in [-0.2, 0) is 14.4 Å². The fourth-order valence-corrected chi connectivity index (χ4v) is 1.71. The van der Waals surface area contributed by atoms with E-state index < -0.39 is 17.9 Å². The zero-order chi connectivity index (χ0) is 12.8. The molecular weight excluding hydrogens is 226 g/mol. The van der Waals surface area contributed by atoms with Crippen molar-refractivity contribution >= 4 is 17.8 Å². The number of hydrogen-bond donors (Lipinski definition) is 4. The number of amides is 2. The zero-order valence-electron chi connectivity index (χ0n) is 9.44. The predicted molar refractivity (Wildman–Crippen MR) is 59.0 cm³/mol. The number of aliphatic carboxylic acids is 1. The zero-order valence-corrected chi connectivity index (χ0v) is 9.44. The molecule has 2 atom stereocenters. The summed E-state index contributed by atoms with van der Waals surface area (Å²) < 4.78 is 0. The van der Waals surface area contributed by atoms with Crippen LogP contribution in [-0.4, -0.2) is 42.0 Å². The summed E-state index contributed by atoms with van der Waals surface area (Å²) in [7, 11) is 0. The molecule has 7 nitrogen and oxygen atoms in total. The third-order valence-corrected chi connectivity index (χ3v) is 2.73. The van der Waals surface area contributed by atoms with Crippen LogP contribution >= 0.6 is 0 Å². The number of nitrogens with two attached hydrogens (primary N) is 1. The molecule has 0 radical (unpaired) electrons. The van der Waals surface area contributed by atoms with Gasteiger partial charge in [0.2, 0.25) is 11.8 Å². The standard InChI is InChI=1S/C10H17N3O4/c11-8(14)2-1-7(10(16)17)13-9(15)6-3-4-12-5-6/h6-7,12H,1-5H2,(H2,11,14)(H,13,15)(H,16,17). The Morgan fingerprint density at radius 3 is 2.65 bits per heavy atom. The van der Waals surface area contributed by atoms with Crippen molar-refractivity contribution in [2.75, 3.05) is 13.1 Å². The first-order valence-electron chi connectivity index (χ1n) is 5.53. The normalized spacial score (nSPS) is 20.8. The van der Waals surface area contributed by atoms with Crippen LogP contribution in [0.2, 0.25) is 0 Å². The van der Waals surface area contributed by atoms with E-state index in [1.54, 1.807) is 0 Å². The van der Waals surface area contributed by atoms with Crippen molar-refractivity contribution in [2.45, 2.75) is 25.3 Å². The number of rotatable bonds is 6. The van der Waals surface area contributed by atoms with Gasteiger partial charge in [0.15, 0.2) is 0 Å². The summed E-state index contributed by atoms with van der Waals surface area (Å²) in [5, 5.41) is 14.3. The molecule has 1 rings (SSSR count). The number of carboxylic acids is 1. The Balaban J connectivity index is 2.44. The van der Waals surface area contributed by atoms with E-state index >= 15 is 0 Å². The number of nitrogens with one attached hydrogen (secondary N) is 2. The molecule has 5 N–H and O–H groups in total. The lowest BCUT2D eigenvalue weighted by Gasteiger charge is -2.16. The van der Waals surface area contributed by atoms with Crippen molar-refractivity contribution in [2.24, 2.45) is 11.7 Å². The minimum Gasteiger partial charge on any atom is -0.480 e. The fraction of sp³-hybridized carbons (Fsp3) is 0.700. The summed E-state index contributed by atoms with van der Waals surface area (Å²) in [4.78, 5) is 33.1. The Morgan fingerprint density at radius 1 is 1.47 bits per heavy atom. The second kappa shape index (κ2) is 6.19. The van der Waals surface area contributed by atoms with Gasteiger partial charge >= 0.3 is 5.97 Å². The van der Waals surface area contributed by atoms with E-state index in [1.807, 2.05) is 0 Å². The van der Waals surface area contributed by atoms with Crippen molar-refractivity contribution < 1.29 is 19.5 Å². The molecule has 7 heteroatoms. The first-order valence-corrected chi connectivity index (χ1v) is 5.53. The molecule has 1 heterocycles. The van der Waals surface area contributed by atoms with Crippen molar-refractivity contribution in [1.29, 1.82) is 0 Å². The van der Waals surface area contributed by atoms with E-state index in [1.165, 1.54) is 0 Å². The molecule has 1 fully saturated rings. The number of carbonyl (C=O) groups excluding carboxylic acids is 2. The van der Waals surface area contributed by atoms with Gasteiger partial charge in [-0.2, -0.15) is 0 Å². The second-order valence-corrected chi connectivity index (χ2v) is 4.09. The third-order valence-electron chi connectivity index (χ3n) is 2.73. The summed E-state index contributed by atoms with van der Waals surface area (Å²) >= 11 is 0. The fourth-order valence-electron chi connectivity index (χ4n) is 1.71. The largest absolute Gasteiger partial charge is 0.480 e. The minimum absolute atomic E-state index is 0.0244. The van der Waals surface area contributed by atoms with Gasteiger partial charge in [0, 0.05) is 13.0 Å². The maximum atomic E-state index is 11.7. The van der Waals surface area contributed by atoms with Gasteiger partial charge in [-0.15, -0.1) is 0 Å². The van der Waals surface area contributed by atoms with Crippen LogP contribution in [0.15, 0.2) is 0 Å². The van der Waals surface area contributed by atoms with Crippen LogP contribution in [0.4, 0.5) is 0 Å². The van der Waals surface area contributed by atoms with Gasteiger partial charge in [-0.1, -0.05) is 0 Å². The Hall–Kier alpha value is -1.63. The van der Waals surface area contributed by atoms with Gasteiger partial charge in [0.05, 0.1) is 5.92 Å². The van der Waals surface area contributed by atoms with E-state index in [2.05, 4.69) is 10.6 Å². The van der Waals surface area contributed by atoms with Gasteiger partial charge in [-0.3, -0.25) is 9.59 Å². The monoisotopic (exact) mass is 243 g/mol. The van der Waals surface area contributed by atoms with Crippen molar-refractivity contribution in [3.8, 4) is 0 Å². The van der Waals surface area contributed by atoms with Gasteiger partial charge < -0.3 is 21.5 Å². The summed E-state index contributed by atoms with van der Waals surface area (Å²) in [6.45, 7) is 1.32. The molecule has 0 saturated carbocycles. The summed E-state index contributed by atoms with van der Waals surface area (Å²) in [6.07, 6.45) is 0.671. The first-order chi connectivity index (χ1) is 8.00. The van der Waals surface area contributed by atoms with E-state index in [-0.39, 0.29) is 24.7 Å². The van der Waals surface area contributed by atoms with Crippen molar-refractivity contribution in [1.82, 2.24) is 10.6 Å².